The fraction of sp³-hybridized carbons (Fsp3) is 0.182. The highest BCUT2D eigenvalue weighted by molar-refractivity contribution is 5.69. The third-order valence-corrected chi connectivity index (χ3v) is 5.70. The molecular weight excluding hydrogens is 475 g/mol. The second kappa shape index (κ2) is 7.88. The first-order valence-corrected chi connectivity index (χ1v) is 10.0. The molecular formula is C22H13F5N6O2. The summed E-state index contributed by atoms with van der Waals surface area (Å²) in [6.45, 7) is -1.39. The van der Waals surface area contributed by atoms with Crippen molar-refractivity contribution in [1.29, 1.82) is 5.26 Å². The van der Waals surface area contributed by atoms with Crippen LogP contribution in [0.3, 0.4) is 0 Å². The molecule has 13 heteroatoms. The van der Waals surface area contributed by atoms with Crippen molar-refractivity contribution in [2.75, 3.05) is 11.4 Å². The molecule has 0 amide bonds. The van der Waals surface area contributed by atoms with Crippen LogP contribution in [0.15, 0.2) is 60.3 Å². The van der Waals surface area contributed by atoms with Crippen molar-refractivity contribution in [3.63, 3.8) is 0 Å². The lowest BCUT2D eigenvalue weighted by Gasteiger charge is -2.48. The highest BCUT2D eigenvalue weighted by Gasteiger charge is 2.64. The van der Waals surface area contributed by atoms with E-state index in [4.69, 9.17) is 10.00 Å². The lowest BCUT2D eigenvalue weighted by atomic mass is 9.79. The number of allylic oxidation sites excluding steroid dienone is 2. The molecule has 0 fully saturated rings. The first-order valence-electron chi connectivity index (χ1n) is 10.0. The Kier molecular flexibility index (Phi) is 5.06. The molecule has 1 atom stereocenters. The average molecular weight is 488 g/mol. The van der Waals surface area contributed by atoms with Crippen LogP contribution in [-0.2, 0) is 12.1 Å². The molecule has 2 aliphatic rings. The summed E-state index contributed by atoms with van der Waals surface area (Å²) in [6, 6.07) is 6.39. The van der Waals surface area contributed by atoms with Gasteiger partial charge in [0.05, 0.1) is 41.7 Å². The zero-order chi connectivity index (χ0) is 25.0. The van der Waals surface area contributed by atoms with Gasteiger partial charge in [-0.3, -0.25) is 0 Å². The van der Waals surface area contributed by atoms with Gasteiger partial charge >= 0.3 is 5.92 Å². The van der Waals surface area contributed by atoms with Crippen molar-refractivity contribution in [1.82, 2.24) is 20.2 Å². The van der Waals surface area contributed by atoms with Gasteiger partial charge in [-0.05, 0) is 46.8 Å². The van der Waals surface area contributed by atoms with Crippen LogP contribution in [0.25, 0.3) is 0 Å². The first-order chi connectivity index (χ1) is 16.6. The van der Waals surface area contributed by atoms with Gasteiger partial charge in [-0.15, -0.1) is 5.10 Å². The molecule has 2 aromatic carbocycles. The van der Waals surface area contributed by atoms with Gasteiger partial charge in [0, 0.05) is 6.07 Å². The standard InChI is InChI=1S/C22H13F5N6O2/c23-13-6-16(25)20-17(7-13)33-9-14(35-18-3-1-12(8-28)5-15(18)24)2-4-19(33)22(26,27)21(20,34)10-32-11-29-30-31-32/h1-7,11,34H,9-10H2. The van der Waals surface area contributed by atoms with E-state index >= 15 is 8.78 Å². The van der Waals surface area contributed by atoms with Gasteiger partial charge in [0.25, 0.3) is 0 Å². The Hall–Kier alpha value is -4.31. The summed E-state index contributed by atoms with van der Waals surface area (Å²) in [6.07, 6.45) is 3.01. The Balaban J connectivity index is 1.61. The molecule has 0 saturated carbocycles. The topological polar surface area (TPSA) is 100 Å². The minimum Gasteiger partial charge on any atom is -0.457 e. The van der Waals surface area contributed by atoms with Gasteiger partial charge in [-0.1, -0.05) is 0 Å². The quantitative estimate of drug-likeness (QED) is 0.563. The molecule has 0 saturated heterocycles. The molecule has 1 unspecified atom stereocenters. The molecule has 1 aromatic heterocycles. The second-order valence-corrected chi connectivity index (χ2v) is 7.85. The minimum atomic E-state index is -4.09. The first kappa shape index (κ1) is 22.5. The lowest BCUT2D eigenvalue weighted by Crippen LogP contribution is -2.58. The van der Waals surface area contributed by atoms with Gasteiger partial charge in [-0.2, -0.15) is 14.0 Å². The van der Waals surface area contributed by atoms with Crippen molar-refractivity contribution in [3.8, 4) is 11.8 Å². The summed E-state index contributed by atoms with van der Waals surface area (Å²) >= 11 is 0. The van der Waals surface area contributed by atoms with E-state index in [0.29, 0.717) is 6.07 Å². The number of anilines is 1. The number of aliphatic hydroxyl groups is 1. The molecule has 5 rings (SSSR count). The monoisotopic (exact) mass is 488 g/mol. The zero-order valence-corrected chi connectivity index (χ0v) is 17.5. The van der Waals surface area contributed by atoms with E-state index in [1.807, 2.05) is 0 Å². The summed E-state index contributed by atoms with van der Waals surface area (Å²) in [5, 5.41) is 30.2. The summed E-state index contributed by atoms with van der Waals surface area (Å²) in [4.78, 5) is 0.881. The number of hydrogen-bond donors (Lipinski definition) is 1. The SMILES string of the molecule is N#Cc1ccc(OC2=CC=C3N(C2)c2cc(F)cc(F)c2C(O)(Cn2cnnn2)C3(F)F)c(F)c1. The summed E-state index contributed by atoms with van der Waals surface area (Å²) in [5.74, 6) is -7.73. The Morgan fingerprint density at radius 3 is 2.60 bits per heavy atom. The van der Waals surface area contributed by atoms with Crippen LogP contribution in [0.4, 0.5) is 27.6 Å². The number of alkyl halides is 2. The normalized spacial score (nSPS) is 20.3. The van der Waals surface area contributed by atoms with Gasteiger partial charge in [-0.25, -0.2) is 17.9 Å². The van der Waals surface area contributed by atoms with Crippen molar-refractivity contribution >= 4 is 5.69 Å². The van der Waals surface area contributed by atoms with Gasteiger partial charge < -0.3 is 14.7 Å². The third kappa shape index (κ3) is 3.50. The van der Waals surface area contributed by atoms with Gasteiger partial charge in [0.15, 0.2) is 17.2 Å². The number of nitrogens with zero attached hydrogens (tertiary/aromatic N) is 6. The number of hydrogen-bond acceptors (Lipinski definition) is 7. The maximum absolute atomic E-state index is 15.8. The number of fused-ring (bicyclic) bond motifs is 3. The van der Waals surface area contributed by atoms with E-state index in [1.165, 1.54) is 12.1 Å². The van der Waals surface area contributed by atoms with E-state index in [-0.39, 0.29) is 22.8 Å². The molecule has 3 heterocycles. The molecule has 35 heavy (non-hydrogen) atoms. The third-order valence-electron chi connectivity index (χ3n) is 5.70. The Labute approximate surface area is 193 Å². The van der Waals surface area contributed by atoms with Crippen molar-refractivity contribution in [2.45, 2.75) is 18.1 Å². The number of ether oxygens (including phenoxy) is 1. The number of nitriles is 1. The van der Waals surface area contributed by atoms with Crippen molar-refractivity contribution in [2.24, 2.45) is 0 Å². The number of aromatic nitrogens is 4. The largest absolute Gasteiger partial charge is 0.457 e. The molecule has 0 aliphatic carbocycles. The van der Waals surface area contributed by atoms with Crippen LogP contribution in [0.5, 0.6) is 5.75 Å². The summed E-state index contributed by atoms with van der Waals surface area (Å²) in [7, 11) is 0. The van der Waals surface area contributed by atoms with Crippen LogP contribution < -0.4 is 9.64 Å². The fourth-order valence-electron chi connectivity index (χ4n) is 4.12. The van der Waals surface area contributed by atoms with Crippen LogP contribution in [0.1, 0.15) is 11.1 Å². The van der Waals surface area contributed by atoms with Crippen LogP contribution in [0.2, 0.25) is 0 Å². The summed E-state index contributed by atoms with van der Waals surface area (Å²) in [5.41, 5.74) is -5.12. The van der Waals surface area contributed by atoms with E-state index in [2.05, 4.69) is 15.5 Å². The van der Waals surface area contributed by atoms with Crippen molar-refractivity contribution < 1.29 is 31.8 Å². The maximum Gasteiger partial charge on any atom is 0.321 e. The molecule has 0 bridgehead atoms. The molecule has 1 N–H and O–H groups in total. The second-order valence-electron chi connectivity index (χ2n) is 7.85. The predicted molar refractivity (Wildman–Crippen MR) is 108 cm³/mol. The number of benzene rings is 2. The van der Waals surface area contributed by atoms with E-state index in [0.717, 1.165) is 40.2 Å². The van der Waals surface area contributed by atoms with Crippen LogP contribution >= 0.6 is 0 Å². The fourth-order valence-corrected chi connectivity index (χ4v) is 4.12. The average Bonchev–Trinajstić information content (AvgIpc) is 3.31. The van der Waals surface area contributed by atoms with Gasteiger partial charge in [0.1, 0.15) is 23.7 Å². The predicted octanol–water partition coefficient (Wildman–Crippen LogP) is 3.17. The minimum absolute atomic E-state index is 0.0327. The Morgan fingerprint density at radius 1 is 1.11 bits per heavy atom. The van der Waals surface area contributed by atoms with E-state index in [1.54, 1.807) is 6.07 Å². The highest BCUT2D eigenvalue weighted by atomic mass is 19.3. The number of halogens is 5. The number of rotatable bonds is 4. The number of tetrazole rings is 1. The Morgan fingerprint density at radius 2 is 1.91 bits per heavy atom. The van der Waals surface area contributed by atoms with Crippen molar-refractivity contribution in [3.05, 3.63) is 88.8 Å². The van der Waals surface area contributed by atoms with Gasteiger partial charge in [0.2, 0.25) is 0 Å². The van der Waals surface area contributed by atoms with E-state index in [9.17, 15) is 18.3 Å². The Bertz CT molecular complexity index is 1430. The molecule has 2 aliphatic heterocycles. The molecule has 178 valence electrons. The van der Waals surface area contributed by atoms with Crippen LogP contribution in [0, 0.1) is 28.8 Å². The summed E-state index contributed by atoms with van der Waals surface area (Å²) < 4.78 is 81.3. The lowest BCUT2D eigenvalue weighted by molar-refractivity contribution is -0.179. The molecule has 0 spiro atoms. The van der Waals surface area contributed by atoms with E-state index < -0.39 is 53.3 Å². The zero-order valence-electron chi connectivity index (χ0n) is 17.5. The van der Waals surface area contributed by atoms with Crippen LogP contribution in [-0.4, -0.2) is 37.8 Å². The highest BCUT2D eigenvalue weighted by Crippen LogP contribution is 2.54. The molecule has 0 radical (unpaired) electrons. The maximum atomic E-state index is 15.8. The molecule has 3 aromatic rings. The smallest absolute Gasteiger partial charge is 0.321 e. The molecule has 8 nitrogen and oxygen atoms in total.